The fraction of sp³-hybridized carbons (Fsp3) is 0.0833. The van der Waals surface area contributed by atoms with Gasteiger partial charge in [0.25, 0.3) is 0 Å². The van der Waals surface area contributed by atoms with Gasteiger partial charge >= 0.3 is 5.69 Å². The van der Waals surface area contributed by atoms with Crippen LogP contribution in [0.25, 0.3) is 10.2 Å². The number of nitro groups is 1. The minimum Gasteiger partial charge on any atom is -0.310 e. The summed E-state index contributed by atoms with van der Waals surface area (Å²) in [7, 11) is 0. The van der Waals surface area contributed by atoms with Gasteiger partial charge in [-0.2, -0.15) is 0 Å². The minimum absolute atomic E-state index is 0.0247. The molecule has 0 fully saturated rings. The predicted molar refractivity (Wildman–Crippen MR) is 81.3 cm³/mol. The van der Waals surface area contributed by atoms with Crippen molar-refractivity contribution in [3.8, 4) is 0 Å². The van der Waals surface area contributed by atoms with E-state index in [1.54, 1.807) is 0 Å². The fourth-order valence-electron chi connectivity index (χ4n) is 1.85. The molecule has 1 N–H and O–H groups in total. The van der Waals surface area contributed by atoms with Gasteiger partial charge in [0.1, 0.15) is 6.33 Å². The molecule has 2 aromatic heterocycles. The second kappa shape index (κ2) is 5.23. The molecule has 0 saturated carbocycles. The molecule has 0 radical (unpaired) electrons. The Balaban J connectivity index is 2.05. The topological polar surface area (TPSA) is 93.8 Å². The zero-order valence-corrected chi connectivity index (χ0v) is 12.3. The summed E-state index contributed by atoms with van der Waals surface area (Å²) < 4.78 is 0.986. The van der Waals surface area contributed by atoms with E-state index < -0.39 is 4.92 Å². The van der Waals surface area contributed by atoms with Crippen LogP contribution in [0, 0.1) is 17.0 Å². The minimum atomic E-state index is -0.622. The number of hydrogen-bond acceptors (Lipinski definition) is 7. The van der Waals surface area contributed by atoms with E-state index in [0.717, 1.165) is 22.1 Å². The van der Waals surface area contributed by atoms with E-state index in [1.165, 1.54) is 11.3 Å². The van der Waals surface area contributed by atoms with E-state index in [4.69, 9.17) is 11.6 Å². The Morgan fingerprint density at radius 2 is 2.19 bits per heavy atom. The molecular formula is C12H8ClN5O2S. The Morgan fingerprint density at radius 1 is 1.38 bits per heavy atom. The lowest BCUT2D eigenvalue weighted by Gasteiger charge is -2.02. The lowest BCUT2D eigenvalue weighted by Crippen LogP contribution is -2.01. The summed E-state index contributed by atoms with van der Waals surface area (Å²) >= 11 is 7.13. The second-order valence-corrected chi connectivity index (χ2v) is 5.57. The Kier molecular flexibility index (Phi) is 3.40. The Bertz CT molecular complexity index is 851. The smallest absolute Gasteiger partial charge is 0.310 e. The van der Waals surface area contributed by atoms with Gasteiger partial charge in [0, 0.05) is 0 Å². The van der Waals surface area contributed by atoms with E-state index in [1.807, 2.05) is 25.1 Å². The zero-order valence-electron chi connectivity index (χ0n) is 10.7. The number of thiazole rings is 1. The number of nitrogens with zero attached hydrogens (tertiary/aromatic N) is 4. The first kappa shape index (κ1) is 13.7. The number of halogens is 1. The van der Waals surface area contributed by atoms with Gasteiger partial charge in [0.15, 0.2) is 5.13 Å². The molecule has 0 spiro atoms. The van der Waals surface area contributed by atoms with Crippen molar-refractivity contribution in [2.75, 3.05) is 5.32 Å². The Morgan fingerprint density at radius 3 is 2.90 bits per heavy atom. The molecule has 0 aliphatic carbocycles. The first-order valence-corrected chi connectivity index (χ1v) is 7.04. The van der Waals surface area contributed by atoms with E-state index in [-0.39, 0.29) is 16.7 Å². The highest BCUT2D eigenvalue weighted by molar-refractivity contribution is 7.22. The quantitative estimate of drug-likeness (QED) is 0.449. The molecule has 1 aromatic carbocycles. The van der Waals surface area contributed by atoms with Gasteiger partial charge in [-0.1, -0.05) is 35.1 Å². The van der Waals surface area contributed by atoms with Gasteiger partial charge in [0.2, 0.25) is 11.0 Å². The highest BCUT2D eigenvalue weighted by Crippen LogP contribution is 2.34. The second-order valence-electron chi connectivity index (χ2n) is 4.18. The maximum absolute atomic E-state index is 11.0. The molecular weight excluding hydrogens is 314 g/mol. The molecule has 0 saturated heterocycles. The van der Waals surface area contributed by atoms with Crippen molar-refractivity contribution in [2.24, 2.45) is 0 Å². The van der Waals surface area contributed by atoms with Crippen LogP contribution in [-0.2, 0) is 0 Å². The average Bonchev–Trinajstić information content (AvgIpc) is 2.82. The van der Waals surface area contributed by atoms with Gasteiger partial charge < -0.3 is 5.32 Å². The lowest BCUT2D eigenvalue weighted by atomic mass is 10.2. The zero-order chi connectivity index (χ0) is 15.0. The van der Waals surface area contributed by atoms with Crippen LogP contribution in [0.2, 0.25) is 5.15 Å². The monoisotopic (exact) mass is 321 g/mol. The number of anilines is 2. The molecule has 0 unspecified atom stereocenters. The van der Waals surface area contributed by atoms with Crippen molar-refractivity contribution in [2.45, 2.75) is 6.92 Å². The molecule has 0 aliphatic rings. The van der Waals surface area contributed by atoms with Crippen molar-refractivity contribution in [3.63, 3.8) is 0 Å². The van der Waals surface area contributed by atoms with Gasteiger partial charge in [-0.25, -0.2) is 15.0 Å². The third-order valence-electron chi connectivity index (χ3n) is 2.81. The third kappa shape index (κ3) is 2.50. The Hall–Kier alpha value is -2.32. The summed E-state index contributed by atoms with van der Waals surface area (Å²) in [5.41, 5.74) is 1.52. The van der Waals surface area contributed by atoms with E-state index in [0.29, 0.717) is 5.13 Å². The normalized spacial score (nSPS) is 10.8. The number of hydrogen-bond donors (Lipinski definition) is 1. The SMILES string of the molecule is Cc1cccc2sc(Nc3ncnc(Cl)c3[N+](=O)[O-])nc12. The van der Waals surface area contributed by atoms with Crippen molar-refractivity contribution in [3.05, 3.63) is 45.4 Å². The molecule has 0 bridgehead atoms. The van der Waals surface area contributed by atoms with Crippen LogP contribution < -0.4 is 5.32 Å². The summed E-state index contributed by atoms with van der Waals surface area (Å²) in [6.45, 7) is 1.95. The van der Waals surface area contributed by atoms with E-state index in [9.17, 15) is 10.1 Å². The van der Waals surface area contributed by atoms with Crippen LogP contribution in [0.4, 0.5) is 16.6 Å². The van der Waals surface area contributed by atoms with Crippen LogP contribution in [0.3, 0.4) is 0 Å². The predicted octanol–water partition coefficient (Wildman–Crippen LogP) is 3.70. The van der Waals surface area contributed by atoms with Crippen molar-refractivity contribution < 1.29 is 4.92 Å². The van der Waals surface area contributed by atoms with Crippen LogP contribution in [0.15, 0.2) is 24.5 Å². The first-order valence-electron chi connectivity index (χ1n) is 5.84. The fourth-order valence-corrected chi connectivity index (χ4v) is 3.00. The number of para-hydroxylation sites is 1. The van der Waals surface area contributed by atoms with Crippen LogP contribution in [-0.4, -0.2) is 19.9 Å². The molecule has 2 heterocycles. The molecule has 3 rings (SSSR count). The lowest BCUT2D eigenvalue weighted by molar-refractivity contribution is -0.384. The number of aromatic nitrogens is 3. The van der Waals surface area contributed by atoms with Gasteiger partial charge in [-0.05, 0) is 18.6 Å². The Labute approximate surface area is 127 Å². The van der Waals surface area contributed by atoms with Crippen molar-refractivity contribution >= 4 is 49.8 Å². The van der Waals surface area contributed by atoms with Crippen LogP contribution >= 0.6 is 22.9 Å². The highest BCUT2D eigenvalue weighted by atomic mass is 35.5. The molecule has 9 heteroatoms. The number of nitrogens with one attached hydrogen (secondary N) is 1. The molecule has 3 aromatic rings. The van der Waals surface area contributed by atoms with E-state index >= 15 is 0 Å². The molecule has 0 aliphatic heterocycles. The third-order valence-corrected chi connectivity index (χ3v) is 4.02. The average molecular weight is 322 g/mol. The van der Waals surface area contributed by atoms with E-state index in [2.05, 4.69) is 20.3 Å². The summed E-state index contributed by atoms with van der Waals surface area (Å²) in [6.07, 6.45) is 1.16. The first-order chi connectivity index (χ1) is 10.1. The maximum atomic E-state index is 11.0. The number of aryl methyl sites for hydroxylation is 1. The van der Waals surface area contributed by atoms with Crippen LogP contribution in [0.5, 0.6) is 0 Å². The molecule has 21 heavy (non-hydrogen) atoms. The molecule has 106 valence electrons. The van der Waals surface area contributed by atoms with Crippen LogP contribution in [0.1, 0.15) is 5.56 Å². The molecule has 7 nitrogen and oxygen atoms in total. The number of rotatable bonds is 3. The van der Waals surface area contributed by atoms with Crippen molar-refractivity contribution in [1.29, 1.82) is 0 Å². The summed E-state index contributed by atoms with van der Waals surface area (Å²) in [5.74, 6) is 0.0247. The molecule has 0 amide bonds. The molecule has 0 atom stereocenters. The largest absolute Gasteiger partial charge is 0.348 e. The van der Waals surface area contributed by atoms with Gasteiger partial charge in [-0.15, -0.1) is 0 Å². The summed E-state index contributed by atoms with van der Waals surface area (Å²) in [6, 6.07) is 5.83. The maximum Gasteiger partial charge on any atom is 0.348 e. The standard InChI is InChI=1S/C12H8ClN5O2S/c1-6-3-2-4-7-8(6)16-12(21-7)17-11-9(18(19)20)10(13)14-5-15-11/h2-5H,1H3,(H,14,15,16,17). The van der Waals surface area contributed by atoms with Crippen molar-refractivity contribution in [1.82, 2.24) is 15.0 Å². The number of fused-ring (bicyclic) bond motifs is 1. The summed E-state index contributed by atoms with van der Waals surface area (Å²) in [5, 5.41) is 14.2. The summed E-state index contributed by atoms with van der Waals surface area (Å²) in [4.78, 5) is 22.3. The van der Waals surface area contributed by atoms with Gasteiger partial charge in [0.05, 0.1) is 15.1 Å². The van der Waals surface area contributed by atoms with Gasteiger partial charge in [-0.3, -0.25) is 10.1 Å². The highest BCUT2D eigenvalue weighted by Gasteiger charge is 2.22. The number of benzene rings is 1.